The number of amides is 1. The summed E-state index contributed by atoms with van der Waals surface area (Å²) in [5, 5.41) is 2.74. The summed E-state index contributed by atoms with van der Waals surface area (Å²) in [6.45, 7) is 0. The Morgan fingerprint density at radius 2 is 1.47 bits per heavy atom. The van der Waals surface area contributed by atoms with Crippen molar-refractivity contribution in [1.29, 1.82) is 0 Å². The van der Waals surface area contributed by atoms with E-state index in [1.165, 1.54) is 38.4 Å². The summed E-state index contributed by atoms with van der Waals surface area (Å²) in [4.78, 5) is 24.2. The SMILES string of the molecule is CNS(=O)(=O)c1cccc(C(=O)Nc2cccc(C#Cc3cccc(C(=O)OC)c3)c2)c1. The Bertz CT molecular complexity index is 1340. The van der Waals surface area contributed by atoms with Gasteiger partial charge in [-0.3, -0.25) is 4.79 Å². The summed E-state index contributed by atoms with van der Waals surface area (Å²) in [6.07, 6.45) is 0. The Balaban J connectivity index is 1.78. The molecule has 0 unspecified atom stereocenters. The molecule has 1 amide bonds. The van der Waals surface area contributed by atoms with Crippen LogP contribution in [0.2, 0.25) is 0 Å². The Kier molecular flexibility index (Phi) is 7.05. The molecule has 0 aromatic heterocycles. The van der Waals surface area contributed by atoms with Gasteiger partial charge >= 0.3 is 5.97 Å². The second-order valence-electron chi connectivity index (χ2n) is 6.59. The van der Waals surface area contributed by atoms with E-state index in [2.05, 4.69) is 21.9 Å². The quantitative estimate of drug-likeness (QED) is 0.462. The zero-order chi connectivity index (χ0) is 23.1. The number of hydrogen-bond donors (Lipinski definition) is 2. The van der Waals surface area contributed by atoms with Crippen LogP contribution in [0.5, 0.6) is 0 Å². The van der Waals surface area contributed by atoms with Gasteiger partial charge in [0.25, 0.3) is 5.91 Å². The fraction of sp³-hybridized carbons (Fsp3) is 0.0833. The van der Waals surface area contributed by atoms with Gasteiger partial charge in [-0.25, -0.2) is 17.9 Å². The molecule has 0 bridgehead atoms. The number of nitrogens with one attached hydrogen (secondary N) is 2. The van der Waals surface area contributed by atoms with Crippen molar-refractivity contribution >= 4 is 27.6 Å². The van der Waals surface area contributed by atoms with Crippen LogP contribution in [0.3, 0.4) is 0 Å². The van der Waals surface area contributed by atoms with Gasteiger partial charge in [-0.15, -0.1) is 0 Å². The van der Waals surface area contributed by atoms with Crippen LogP contribution in [0.1, 0.15) is 31.8 Å². The normalized spacial score (nSPS) is 10.6. The number of sulfonamides is 1. The van der Waals surface area contributed by atoms with Gasteiger partial charge in [0.15, 0.2) is 0 Å². The maximum Gasteiger partial charge on any atom is 0.337 e. The number of anilines is 1. The number of carbonyl (C=O) groups is 2. The first-order chi connectivity index (χ1) is 15.3. The second-order valence-corrected chi connectivity index (χ2v) is 8.48. The second kappa shape index (κ2) is 9.92. The first kappa shape index (κ1) is 22.7. The molecule has 0 atom stereocenters. The molecule has 3 aromatic carbocycles. The van der Waals surface area contributed by atoms with Crippen LogP contribution < -0.4 is 10.0 Å². The van der Waals surface area contributed by atoms with Gasteiger partial charge in [-0.1, -0.05) is 30.0 Å². The lowest BCUT2D eigenvalue weighted by atomic mass is 10.1. The van der Waals surface area contributed by atoms with Crippen molar-refractivity contribution < 1.29 is 22.7 Å². The van der Waals surface area contributed by atoms with E-state index in [4.69, 9.17) is 4.74 Å². The average molecular weight is 449 g/mol. The Hall–Kier alpha value is -3.93. The minimum absolute atomic E-state index is 0.00134. The summed E-state index contributed by atoms with van der Waals surface area (Å²) >= 11 is 0. The fourth-order valence-corrected chi connectivity index (χ4v) is 3.56. The third-order valence-electron chi connectivity index (χ3n) is 4.43. The van der Waals surface area contributed by atoms with Gasteiger partial charge < -0.3 is 10.1 Å². The van der Waals surface area contributed by atoms with E-state index in [9.17, 15) is 18.0 Å². The van der Waals surface area contributed by atoms with E-state index in [-0.39, 0.29) is 10.5 Å². The molecule has 0 spiro atoms. The molecule has 0 radical (unpaired) electrons. The number of ether oxygens (including phenoxy) is 1. The smallest absolute Gasteiger partial charge is 0.337 e. The van der Waals surface area contributed by atoms with Crippen molar-refractivity contribution in [2.24, 2.45) is 0 Å². The van der Waals surface area contributed by atoms with Crippen molar-refractivity contribution in [2.75, 3.05) is 19.5 Å². The van der Waals surface area contributed by atoms with Crippen LogP contribution in [0.25, 0.3) is 0 Å². The summed E-state index contributed by atoms with van der Waals surface area (Å²) in [7, 11) is -1.03. The number of rotatable bonds is 5. The lowest BCUT2D eigenvalue weighted by Gasteiger charge is -2.08. The predicted molar refractivity (Wildman–Crippen MR) is 121 cm³/mol. The number of esters is 1. The molecular weight excluding hydrogens is 428 g/mol. The van der Waals surface area contributed by atoms with Crippen LogP contribution in [0, 0.1) is 11.8 Å². The van der Waals surface area contributed by atoms with E-state index >= 15 is 0 Å². The largest absolute Gasteiger partial charge is 0.465 e. The Labute approximate surface area is 186 Å². The van der Waals surface area contributed by atoms with Gasteiger partial charge in [0, 0.05) is 22.4 Å². The van der Waals surface area contributed by atoms with E-state index < -0.39 is 21.9 Å². The van der Waals surface area contributed by atoms with Crippen LogP contribution in [-0.4, -0.2) is 34.5 Å². The maximum atomic E-state index is 12.6. The highest BCUT2D eigenvalue weighted by Crippen LogP contribution is 2.15. The first-order valence-electron chi connectivity index (χ1n) is 9.48. The monoisotopic (exact) mass is 448 g/mol. The highest BCUT2D eigenvalue weighted by Gasteiger charge is 2.14. The molecule has 0 saturated carbocycles. The third-order valence-corrected chi connectivity index (χ3v) is 5.84. The van der Waals surface area contributed by atoms with E-state index in [1.807, 2.05) is 0 Å². The van der Waals surface area contributed by atoms with Gasteiger partial charge in [-0.05, 0) is 61.6 Å². The molecule has 2 N–H and O–H groups in total. The van der Waals surface area contributed by atoms with Crippen molar-refractivity contribution in [3.05, 3.63) is 95.1 Å². The van der Waals surface area contributed by atoms with Crippen molar-refractivity contribution in [3.8, 4) is 11.8 Å². The Morgan fingerprint density at radius 1 is 0.844 bits per heavy atom. The molecule has 0 aliphatic carbocycles. The predicted octanol–water partition coefficient (Wildman–Crippen LogP) is 3.03. The Morgan fingerprint density at radius 3 is 2.16 bits per heavy atom. The molecule has 8 heteroatoms. The van der Waals surface area contributed by atoms with Crippen LogP contribution in [0.4, 0.5) is 5.69 Å². The molecule has 3 rings (SSSR count). The van der Waals surface area contributed by atoms with Crippen molar-refractivity contribution in [1.82, 2.24) is 4.72 Å². The molecule has 0 saturated heterocycles. The average Bonchev–Trinajstić information content (AvgIpc) is 2.82. The first-order valence-corrected chi connectivity index (χ1v) is 11.0. The maximum absolute atomic E-state index is 12.6. The molecule has 3 aromatic rings. The number of hydrogen-bond acceptors (Lipinski definition) is 5. The highest BCUT2D eigenvalue weighted by molar-refractivity contribution is 7.89. The van der Waals surface area contributed by atoms with E-state index in [0.717, 1.165) is 0 Å². The molecule has 32 heavy (non-hydrogen) atoms. The summed E-state index contributed by atoms with van der Waals surface area (Å²) < 4.78 is 30.9. The van der Waals surface area contributed by atoms with E-state index in [1.54, 1.807) is 48.5 Å². The molecule has 0 aliphatic heterocycles. The standard InChI is InChI=1S/C24H20N2O5S/c1-25-32(29,30)22-11-5-8-19(16-22)23(27)26-21-10-4-7-18(15-21)13-12-17-6-3-9-20(14-17)24(28)31-2/h3-11,14-16,25H,1-2H3,(H,26,27). The lowest BCUT2D eigenvalue weighted by molar-refractivity contribution is 0.0600. The molecule has 162 valence electrons. The lowest BCUT2D eigenvalue weighted by Crippen LogP contribution is -2.19. The highest BCUT2D eigenvalue weighted by atomic mass is 32.2. The zero-order valence-electron chi connectivity index (χ0n) is 17.4. The summed E-state index contributed by atoms with van der Waals surface area (Å²) in [5.74, 6) is 5.08. The molecule has 0 heterocycles. The molecule has 7 nitrogen and oxygen atoms in total. The van der Waals surface area contributed by atoms with Crippen molar-refractivity contribution in [3.63, 3.8) is 0 Å². The van der Waals surface area contributed by atoms with Gasteiger partial charge in [-0.2, -0.15) is 0 Å². The summed E-state index contributed by atoms with van der Waals surface area (Å²) in [6, 6.07) is 19.4. The van der Waals surface area contributed by atoms with Crippen molar-refractivity contribution in [2.45, 2.75) is 4.90 Å². The van der Waals surface area contributed by atoms with Gasteiger partial charge in [0.2, 0.25) is 10.0 Å². The number of benzene rings is 3. The van der Waals surface area contributed by atoms with Crippen LogP contribution >= 0.6 is 0 Å². The zero-order valence-corrected chi connectivity index (χ0v) is 18.2. The van der Waals surface area contributed by atoms with Crippen LogP contribution in [-0.2, 0) is 14.8 Å². The van der Waals surface area contributed by atoms with Gasteiger partial charge in [0.1, 0.15) is 0 Å². The molecule has 0 fully saturated rings. The molecule has 0 aliphatic rings. The third kappa shape index (κ3) is 5.60. The molecular formula is C24H20N2O5S. The number of methoxy groups -OCH3 is 1. The summed E-state index contributed by atoms with van der Waals surface area (Å²) in [5.41, 5.74) is 2.41. The number of carbonyl (C=O) groups excluding carboxylic acids is 2. The van der Waals surface area contributed by atoms with E-state index in [0.29, 0.717) is 22.4 Å². The van der Waals surface area contributed by atoms with Gasteiger partial charge in [0.05, 0.1) is 17.6 Å². The minimum atomic E-state index is -3.66. The minimum Gasteiger partial charge on any atom is -0.465 e. The van der Waals surface area contributed by atoms with Crippen LogP contribution in [0.15, 0.2) is 77.7 Å². The topological polar surface area (TPSA) is 102 Å². The fourth-order valence-electron chi connectivity index (χ4n) is 2.79.